The van der Waals surface area contributed by atoms with Crippen LogP contribution in [0.4, 0.5) is 0 Å². The highest BCUT2D eigenvalue weighted by Crippen LogP contribution is 2.05. The summed E-state index contributed by atoms with van der Waals surface area (Å²) in [5.41, 5.74) is 0. The van der Waals surface area contributed by atoms with E-state index in [-0.39, 0.29) is 0 Å². The maximum Gasteiger partial charge on any atom is 0.108 e. The van der Waals surface area contributed by atoms with Gasteiger partial charge in [0.05, 0.1) is 0 Å². The van der Waals surface area contributed by atoms with E-state index in [0.29, 0.717) is 0 Å². The number of hydrogen-bond donors (Lipinski definition) is 0. The van der Waals surface area contributed by atoms with E-state index in [1.165, 1.54) is 23.8 Å². The molecule has 1 aromatic rings. The predicted octanol–water partition coefficient (Wildman–Crippen LogP) is 2.59. The van der Waals surface area contributed by atoms with E-state index < -0.39 is 0 Å². The van der Waals surface area contributed by atoms with Gasteiger partial charge in [0, 0.05) is 25.4 Å². The molecule has 74 valence electrons. The SMILES string of the molecule is CCSCCCn1ccnc1CC. The monoisotopic (exact) mass is 198 g/mol. The first-order valence-electron chi connectivity index (χ1n) is 4.96. The lowest BCUT2D eigenvalue weighted by atomic mass is 10.4. The number of hydrogen-bond acceptors (Lipinski definition) is 2. The Hall–Kier alpha value is -0.440. The molecule has 13 heavy (non-hydrogen) atoms. The van der Waals surface area contributed by atoms with Gasteiger partial charge in [-0.3, -0.25) is 0 Å². The van der Waals surface area contributed by atoms with Crippen molar-refractivity contribution in [2.45, 2.75) is 33.2 Å². The molecule has 0 amide bonds. The molecule has 1 aromatic heterocycles. The van der Waals surface area contributed by atoms with E-state index >= 15 is 0 Å². The lowest BCUT2D eigenvalue weighted by Gasteiger charge is -2.05. The maximum atomic E-state index is 4.29. The molecular formula is C10H18N2S. The number of rotatable bonds is 6. The molecule has 0 saturated heterocycles. The molecule has 0 fully saturated rings. The van der Waals surface area contributed by atoms with Crippen molar-refractivity contribution in [2.75, 3.05) is 11.5 Å². The summed E-state index contributed by atoms with van der Waals surface area (Å²) in [5, 5.41) is 0. The molecule has 0 unspecified atom stereocenters. The summed E-state index contributed by atoms with van der Waals surface area (Å²) in [6.45, 7) is 5.48. The van der Waals surface area contributed by atoms with Gasteiger partial charge in [0.1, 0.15) is 5.82 Å². The maximum absolute atomic E-state index is 4.29. The fourth-order valence-electron chi connectivity index (χ4n) is 1.34. The van der Waals surface area contributed by atoms with Crippen molar-refractivity contribution in [3.63, 3.8) is 0 Å². The van der Waals surface area contributed by atoms with Gasteiger partial charge in [0.15, 0.2) is 0 Å². The first kappa shape index (κ1) is 10.6. The van der Waals surface area contributed by atoms with Gasteiger partial charge >= 0.3 is 0 Å². The molecule has 3 heteroatoms. The Morgan fingerprint density at radius 2 is 2.31 bits per heavy atom. The van der Waals surface area contributed by atoms with Gasteiger partial charge in [-0.05, 0) is 17.9 Å². The molecule has 0 N–H and O–H groups in total. The van der Waals surface area contributed by atoms with Crippen LogP contribution in [0.1, 0.15) is 26.1 Å². The van der Waals surface area contributed by atoms with Gasteiger partial charge in [0.25, 0.3) is 0 Å². The minimum Gasteiger partial charge on any atom is -0.335 e. The van der Waals surface area contributed by atoms with Crippen LogP contribution in [0.25, 0.3) is 0 Å². The van der Waals surface area contributed by atoms with Gasteiger partial charge in [0.2, 0.25) is 0 Å². The van der Waals surface area contributed by atoms with E-state index in [0.717, 1.165) is 13.0 Å². The third-order valence-electron chi connectivity index (χ3n) is 2.01. The Bertz CT molecular complexity index is 233. The van der Waals surface area contributed by atoms with Crippen LogP contribution < -0.4 is 0 Å². The molecule has 0 saturated carbocycles. The smallest absolute Gasteiger partial charge is 0.108 e. The van der Waals surface area contributed by atoms with E-state index in [1.54, 1.807) is 0 Å². The standard InChI is InChI=1S/C10H18N2S/c1-3-10-11-6-8-12(10)7-5-9-13-4-2/h6,8H,3-5,7,9H2,1-2H3. The largest absolute Gasteiger partial charge is 0.335 e. The molecule has 0 spiro atoms. The number of imidazole rings is 1. The van der Waals surface area contributed by atoms with Crippen LogP contribution in [0.5, 0.6) is 0 Å². The average Bonchev–Trinajstić information content (AvgIpc) is 2.60. The molecule has 2 nitrogen and oxygen atoms in total. The lowest BCUT2D eigenvalue weighted by Crippen LogP contribution is -2.02. The average molecular weight is 198 g/mol. The number of aromatic nitrogens is 2. The van der Waals surface area contributed by atoms with Crippen molar-refractivity contribution in [3.05, 3.63) is 18.2 Å². The number of nitrogens with zero attached hydrogens (tertiary/aromatic N) is 2. The summed E-state index contributed by atoms with van der Waals surface area (Å²) in [6, 6.07) is 0. The fraction of sp³-hybridized carbons (Fsp3) is 0.700. The fourth-order valence-corrected chi connectivity index (χ4v) is 1.96. The van der Waals surface area contributed by atoms with Crippen molar-refractivity contribution in [1.82, 2.24) is 9.55 Å². The van der Waals surface area contributed by atoms with E-state index in [2.05, 4.69) is 29.6 Å². The summed E-state index contributed by atoms with van der Waals surface area (Å²) in [5.74, 6) is 3.70. The van der Waals surface area contributed by atoms with Crippen LogP contribution in [0, 0.1) is 0 Å². The van der Waals surface area contributed by atoms with Crippen molar-refractivity contribution in [3.8, 4) is 0 Å². The first-order valence-corrected chi connectivity index (χ1v) is 6.11. The van der Waals surface area contributed by atoms with Gasteiger partial charge < -0.3 is 4.57 Å². The van der Waals surface area contributed by atoms with Gasteiger partial charge in [-0.25, -0.2) is 4.98 Å². The Morgan fingerprint density at radius 1 is 1.46 bits per heavy atom. The van der Waals surface area contributed by atoms with Crippen molar-refractivity contribution >= 4 is 11.8 Å². The van der Waals surface area contributed by atoms with Crippen LogP contribution in [-0.4, -0.2) is 21.1 Å². The highest BCUT2D eigenvalue weighted by atomic mass is 32.2. The quantitative estimate of drug-likeness (QED) is 0.654. The molecule has 0 aromatic carbocycles. The minimum absolute atomic E-state index is 1.04. The molecule has 0 aliphatic rings. The molecule has 0 aliphatic heterocycles. The zero-order chi connectivity index (χ0) is 9.52. The third-order valence-corrected chi connectivity index (χ3v) is 3.00. The molecule has 0 bridgehead atoms. The zero-order valence-electron chi connectivity index (χ0n) is 8.49. The van der Waals surface area contributed by atoms with E-state index in [4.69, 9.17) is 0 Å². The third kappa shape index (κ3) is 3.43. The van der Waals surface area contributed by atoms with Crippen LogP contribution in [0.15, 0.2) is 12.4 Å². The highest BCUT2D eigenvalue weighted by molar-refractivity contribution is 7.99. The second kappa shape index (κ2) is 6.08. The summed E-state index contributed by atoms with van der Waals surface area (Å²) >= 11 is 2.01. The van der Waals surface area contributed by atoms with Gasteiger partial charge in [-0.2, -0.15) is 11.8 Å². The van der Waals surface area contributed by atoms with Gasteiger partial charge in [-0.1, -0.05) is 13.8 Å². The summed E-state index contributed by atoms with van der Waals surface area (Å²) < 4.78 is 2.26. The van der Waals surface area contributed by atoms with Crippen LogP contribution in [0.3, 0.4) is 0 Å². The molecule has 0 atom stereocenters. The topological polar surface area (TPSA) is 17.8 Å². The molecular weight excluding hydrogens is 180 g/mol. The minimum atomic E-state index is 1.04. The normalized spacial score (nSPS) is 10.6. The van der Waals surface area contributed by atoms with Crippen LogP contribution in [0.2, 0.25) is 0 Å². The molecule has 0 radical (unpaired) electrons. The Morgan fingerprint density at radius 3 is 3.00 bits per heavy atom. The summed E-state index contributed by atoms with van der Waals surface area (Å²) in [7, 11) is 0. The summed E-state index contributed by atoms with van der Waals surface area (Å²) in [4.78, 5) is 4.29. The second-order valence-corrected chi connectivity index (χ2v) is 4.33. The van der Waals surface area contributed by atoms with Crippen molar-refractivity contribution < 1.29 is 0 Å². The molecule has 1 heterocycles. The van der Waals surface area contributed by atoms with Crippen LogP contribution in [-0.2, 0) is 13.0 Å². The first-order chi connectivity index (χ1) is 6.38. The second-order valence-electron chi connectivity index (χ2n) is 2.94. The number of aryl methyl sites for hydroxylation is 2. The Balaban J connectivity index is 2.27. The number of thioether (sulfide) groups is 1. The predicted molar refractivity (Wildman–Crippen MR) is 59.2 cm³/mol. The van der Waals surface area contributed by atoms with Gasteiger partial charge in [-0.15, -0.1) is 0 Å². The molecule has 0 aliphatic carbocycles. The van der Waals surface area contributed by atoms with Crippen molar-refractivity contribution in [1.29, 1.82) is 0 Å². The summed E-state index contributed by atoms with van der Waals surface area (Å²) in [6.07, 6.45) is 6.26. The van der Waals surface area contributed by atoms with E-state index in [1.807, 2.05) is 18.0 Å². The van der Waals surface area contributed by atoms with Crippen LogP contribution >= 0.6 is 11.8 Å². The highest BCUT2D eigenvalue weighted by Gasteiger charge is 1.98. The van der Waals surface area contributed by atoms with Crippen molar-refractivity contribution in [2.24, 2.45) is 0 Å². The van der Waals surface area contributed by atoms with E-state index in [9.17, 15) is 0 Å². The Labute approximate surface area is 84.7 Å². The zero-order valence-corrected chi connectivity index (χ0v) is 9.31. The molecule has 1 rings (SSSR count). The lowest BCUT2D eigenvalue weighted by molar-refractivity contribution is 0.646. The Kier molecular flexibility index (Phi) is 4.98.